The van der Waals surface area contributed by atoms with Crippen molar-refractivity contribution in [3.8, 4) is 22.6 Å². The van der Waals surface area contributed by atoms with Crippen LogP contribution in [0.4, 0.5) is 0 Å². The van der Waals surface area contributed by atoms with Gasteiger partial charge in [-0.3, -0.25) is 24.2 Å². The van der Waals surface area contributed by atoms with Crippen LogP contribution in [0.2, 0.25) is 0 Å². The van der Waals surface area contributed by atoms with Gasteiger partial charge in [0.05, 0.1) is 18.7 Å². The molecule has 44 heavy (non-hydrogen) atoms. The number of hydrogen-bond acceptors (Lipinski definition) is 10. The molecule has 0 saturated heterocycles. The van der Waals surface area contributed by atoms with Gasteiger partial charge in [0.25, 0.3) is 5.91 Å². The number of nitrogens with zero attached hydrogens (tertiary/aromatic N) is 2. The molecule has 1 amide bonds. The highest BCUT2D eigenvalue weighted by Crippen LogP contribution is 2.53. The average Bonchev–Trinajstić information content (AvgIpc) is 2.95. The fourth-order valence-corrected chi connectivity index (χ4v) is 7.16. The number of nitrogens with two attached hydrogens (primary N) is 1. The zero-order chi connectivity index (χ0) is 32.2. The minimum Gasteiger partial charge on any atom is -0.508 e. The first-order valence-corrected chi connectivity index (χ1v) is 14.2. The van der Waals surface area contributed by atoms with Crippen molar-refractivity contribution in [2.24, 2.45) is 17.6 Å². The molecule has 1 fully saturated rings. The summed E-state index contributed by atoms with van der Waals surface area (Å²) < 4.78 is 5.59. The molecule has 232 valence electrons. The summed E-state index contributed by atoms with van der Waals surface area (Å²) in [5, 5.41) is 45.3. The molecule has 3 aliphatic carbocycles. The molecule has 0 aliphatic heterocycles. The standard InChI is InChI=1S/C33H37N3O8/c1-6-11-36(4)15-18-12-16(7-10-23(18)44-5)19-8-9-22(37)25-20(19)13-17-14-21-27(35(2)3)29(39)26(32(34)42)31(41)33(21,43)30(40)24(17)28(25)38/h6-10,12,17,21,27,37-38,41,43H,1,11,13-15H2,2-5H3,(H2,34,42)/t17-,21-,27-,33-/m0/s1. The van der Waals surface area contributed by atoms with Gasteiger partial charge in [-0.15, -0.1) is 6.58 Å². The molecule has 0 aromatic heterocycles. The number of benzene rings is 2. The lowest BCUT2D eigenvalue weighted by atomic mass is 9.57. The highest BCUT2D eigenvalue weighted by molar-refractivity contribution is 6.24. The van der Waals surface area contributed by atoms with E-state index in [0.29, 0.717) is 24.4 Å². The van der Waals surface area contributed by atoms with Crippen molar-refractivity contribution in [3.63, 3.8) is 0 Å². The van der Waals surface area contributed by atoms with Crippen LogP contribution in [0.5, 0.6) is 11.5 Å². The summed E-state index contributed by atoms with van der Waals surface area (Å²) in [5.74, 6) is -6.13. The number of amides is 1. The highest BCUT2D eigenvalue weighted by atomic mass is 16.5. The topological polar surface area (TPSA) is 174 Å². The molecule has 2 aromatic carbocycles. The Bertz CT molecular complexity index is 1660. The summed E-state index contributed by atoms with van der Waals surface area (Å²) in [4.78, 5) is 43.1. The van der Waals surface area contributed by atoms with Crippen LogP contribution in [0.3, 0.4) is 0 Å². The fourth-order valence-electron chi connectivity index (χ4n) is 7.16. The Labute approximate surface area is 255 Å². The van der Waals surface area contributed by atoms with Crippen LogP contribution in [0.1, 0.15) is 23.1 Å². The summed E-state index contributed by atoms with van der Waals surface area (Å²) in [6.07, 6.45) is 2.01. The van der Waals surface area contributed by atoms with Crippen LogP contribution in [-0.2, 0) is 27.3 Å². The van der Waals surface area contributed by atoms with E-state index in [2.05, 4.69) is 11.5 Å². The molecule has 2 aromatic rings. The number of fused-ring (bicyclic) bond motifs is 3. The molecule has 6 N–H and O–H groups in total. The van der Waals surface area contributed by atoms with Gasteiger partial charge >= 0.3 is 0 Å². The summed E-state index contributed by atoms with van der Waals surface area (Å²) in [7, 11) is 6.68. The molecule has 0 spiro atoms. The van der Waals surface area contributed by atoms with E-state index in [0.717, 1.165) is 16.7 Å². The summed E-state index contributed by atoms with van der Waals surface area (Å²) >= 11 is 0. The molecule has 4 atom stereocenters. The van der Waals surface area contributed by atoms with Gasteiger partial charge in [0.2, 0.25) is 5.78 Å². The first-order chi connectivity index (χ1) is 20.8. The molecule has 0 heterocycles. The van der Waals surface area contributed by atoms with Crippen molar-refractivity contribution in [1.29, 1.82) is 0 Å². The van der Waals surface area contributed by atoms with Crippen LogP contribution in [0, 0.1) is 11.8 Å². The lowest BCUT2D eigenvalue weighted by Crippen LogP contribution is -2.65. The van der Waals surface area contributed by atoms with Crippen LogP contribution in [0.15, 0.2) is 59.9 Å². The summed E-state index contributed by atoms with van der Waals surface area (Å²) in [5.41, 5.74) is 4.74. The average molecular weight is 604 g/mol. The van der Waals surface area contributed by atoms with E-state index in [9.17, 15) is 34.8 Å². The zero-order valence-electron chi connectivity index (χ0n) is 25.1. The van der Waals surface area contributed by atoms with Crippen molar-refractivity contribution in [2.45, 2.75) is 31.0 Å². The van der Waals surface area contributed by atoms with E-state index in [1.54, 1.807) is 33.3 Å². The minimum atomic E-state index is -2.68. The largest absolute Gasteiger partial charge is 0.508 e. The molecular weight excluding hydrogens is 566 g/mol. The van der Waals surface area contributed by atoms with Crippen molar-refractivity contribution >= 4 is 23.2 Å². The Hall–Kier alpha value is -4.45. The number of aromatic hydroxyl groups is 1. The smallest absolute Gasteiger partial charge is 0.255 e. The number of phenols is 1. The Morgan fingerprint density at radius 2 is 1.86 bits per heavy atom. The minimum absolute atomic E-state index is 0.0149. The van der Waals surface area contributed by atoms with Crippen LogP contribution >= 0.6 is 0 Å². The molecule has 11 heteroatoms. The molecule has 5 rings (SSSR count). The number of rotatable bonds is 8. The van der Waals surface area contributed by atoms with Gasteiger partial charge in [-0.05, 0) is 74.8 Å². The molecule has 0 bridgehead atoms. The van der Waals surface area contributed by atoms with E-state index in [1.807, 2.05) is 25.2 Å². The number of likely N-dealkylation sites (N-methyl/N-ethyl adjacent to an activating group) is 2. The van der Waals surface area contributed by atoms with E-state index < -0.39 is 58.0 Å². The van der Waals surface area contributed by atoms with E-state index in [4.69, 9.17) is 10.5 Å². The molecule has 3 aliphatic rings. The van der Waals surface area contributed by atoms with Crippen molar-refractivity contribution in [3.05, 3.63) is 76.6 Å². The monoisotopic (exact) mass is 603 g/mol. The van der Waals surface area contributed by atoms with Gasteiger partial charge in [-0.25, -0.2) is 0 Å². The predicted molar refractivity (Wildman–Crippen MR) is 163 cm³/mol. The van der Waals surface area contributed by atoms with Gasteiger partial charge in [0.15, 0.2) is 11.4 Å². The summed E-state index contributed by atoms with van der Waals surface area (Å²) in [6.45, 7) is 5.02. The fraction of sp³-hybridized carbons (Fsp3) is 0.364. The van der Waals surface area contributed by atoms with Gasteiger partial charge in [-0.2, -0.15) is 0 Å². The Kier molecular flexibility index (Phi) is 7.91. The first-order valence-electron chi connectivity index (χ1n) is 14.2. The van der Waals surface area contributed by atoms with Crippen molar-refractivity contribution < 1.29 is 39.5 Å². The van der Waals surface area contributed by atoms with E-state index in [1.165, 1.54) is 11.0 Å². The summed E-state index contributed by atoms with van der Waals surface area (Å²) in [6, 6.07) is 7.72. The second kappa shape index (κ2) is 11.2. The normalized spacial score (nSPS) is 24.8. The number of aliphatic hydroxyl groups is 3. The van der Waals surface area contributed by atoms with Crippen LogP contribution in [-0.4, -0.2) is 94.1 Å². The number of primary amides is 1. The molecular formula is C33H37N3O8. The number of phenolic OH excluding ortho intramolecular Hbond substituents is 1. The number of methoxy groups -OCH3 is 1. The van der Waals surface area contributed by atoms with Crippen LogP contribution < -0.4 is 10.5 Å². The number of carbonyl (C=O) groups excluding carboxylic acids is 3. The van der Waals surface area contributed by atoms with Gasteiger partial charge in [-0.1, -0.05) is 18.2 Å². The third-order valence-corrected chi connectivity index (χ3v) is 9.08. The quantitative estimate of drug-likeness (QED) is 0.222. The second-order valence-corrected chi connectivity index (χ2v) is 12.0. The molecule has 0 unspecified atom stereocenters. The number of ketones is 2. The Balaban J connectivity index is 1.68. The first kappa shape index (κ1) is 31.0. The van der Waals surface area contributed by atoms with E-state index in [-0.39, 0.29) is 29.7 Å². The highest BCUT2D eigenvalue weighted by Gasteiger charge is 2.64. The lowest BCUT2D eigenvalue weighted by Gasteiger charge is -2.50. The van der Waals surface area contributed by atoms with Gasteiger partial charge in [0, 0.05) is 30.1 Å². The molecule has 11 nitrogen and oxygen atoms in total. The second-order valence-electron chi connectivity index (χ2n) is 12.0. The van der Waals surface area contributed by atoms with Gasteiger partial charge < -0.3 is 30.9 Å². The maximum absolute atomic E-state index is 14.1. The van der Waals surface area contributed by atoms with Crippen LogP contribution in [0.25, 0.3) is 16.9 Å². The Morgan fingerprint density at radius 3 is 2.48 bits per heavy atom. The molecule has 0 radical (unpaired) electrons. The Morgan fingerprint density at radius 1 is 1.16 bits per heavy atom. The maximum atomic E-state index is 14.1. The number of ether oxygens (including phenoxy) is 1. The number of hydrogen-bond donors (Lipinski definition) is 5. The van der Waals surface area contributed by atoms with Crippen molar-refractivity contribution in [2.75, 3.05) is 34.8 Å². The van der Waals surface area contributed by atoms with E-state index >= 15 is 0 Å². The molecule has 1 saturated carbocycles. The third kappa shape index (κ3) is 4.59. The third-order valence-electron chi connectivity index (χ3n) is 9.08. The van der Waals surface area contributed by atoms with Crippen molar-refractivity contribution in [1.82, 2.24) is 9.80 Å². The SMILES string of the molecule is C=CCN(C)Cc1cc(-c2ccc(O)c3c2C[C@H]2C[C@H]4[C@H](N(C)C)C(=O)C(C(N)=O)=C(O)[C@@]4(O)C(=O)C2=C3O)ccc1OC. The maximum Gasteiger partial charge on any atom is 0.255 e. The number of aliphatic hydroxyl groups excluding tert-OH is 2. The zero-order valence-corrected chi connectivity index (χ0v) is 25.1. The predicted octanol–water partition coefficient (Wildman–Crippen LogP) is 2.26. The lowest BCUT2D eigenvalue weighted by molar-refractivity contribution is -0.153. The number of carbonyl (C=O) groups is 3. The number of Topliss-reactive ketones (excluding diaryl/α,β-unsaturated/α-hetero) is 2. The van der Waals surface area contributed by atoms with Gasteiger partial charge in [0.1, 0.15) is 28.6 Å².